The van der Waals surface area contributed by atoms with Crippen LogP contribution in [0.3, 0.4) is 0 Å². The van der Waals surface area contributed by atoms with E-state index in [9.17, 15) is 0 Å². The van der Waals surface area contributed by atoms with Gasteiger partial charge in [-0.2, -0.15) is 5.26 Å². The molecule has 1 heterocycles. The molecule has 0 radical (unpaired) electrons. The first-order chi connectivity index (χ1) is 8.83. The molecule has 0 aliphatic heterocycles. The summed E-state index contributed by atoms with van der Waals surface area (Å²) in [6.07, 6.45) is 3.11. The van der Waals surface area contributed by atoms with Crippen LogP contribution in [-0.4, -0.2) is 12.1 Å². The Hall–Kier alpha value is -2.54. The lowest BCUT2D eigenvalue weighted by molar-refractivity contribution is 0.303. The molecule has 2 aromatic rings. The molecule has 18 heavy (non-hydrogen) atoms. The van der Waals surface area contributed by atoms with Crippen molar-refractivity contribution >= 4 is 0 Å². The molecule has 0 atom stereocenters. The van der Waals surface area contributed by atoms with Gasteiger partial charge in [0.05, 0.1) is 18.9 Å². The fourth-order valence-electron chi connectivity index (χ4n) is 1.51. The molecule has 0 amide bonds. The second-order valence-corrected chi connectivity index (χ2v) is 3.62. The monoisotopic (exact) mass is 240 g/mol. The van der Waals surface area contributed by atoms with Crippen LogP contribution in [0.1, 0.15) is 11.1 Å². The van der Waals surface area contributed by atoms with E-state index in [4.69, 9.17) is 14.7 Å². The quantitative estimate of drug-likeness (QED) is 0.824. The summed E-state index contributed by atoms with van der Waals surface area (Å²) < 4.78 is 10.7. The van der Waals surface area contributed by atoms with Gasteiger partial charge >= 0.3 is 0 Å². The highest BCUT2D eigenvalue weighted by molar-refractivity contribution is 5.40. The zero-order chi connectivity index (χ0) is 12.8. The van der Waals surface area contributed by atoms with Crippen molar-refractivity contribution in [2.75, 3.05) is 7.11 Å². The smallest absolute Gasteiger partial charge is 0.155 e. The molecule has 0 spiro atoms. The predicted octanol–water partition coefficient (Wildman–Crippen LogP) is 2.54. The zero-order valence-electron chi connectivity index (χ0n) is 9.96. The molecule has 2 rings (SSSR count). The highest BCUT2D eigenvalue weighted by atomic mass is 16.5. The summed E-state index contributed by atoms with van der Waals surface area (Å²) in [5, 5.41) is 8.92. The van der Waals surface area contributed by atoms with Gasteiger partial charge in [0.15, 0.2) is 5.75 Å². The molecule has 1 aromatic carbocycles. The lowest BCUT2D eigenvalue weighted by atomic mass is 10.2. The maximum Gasteiger partial charge on any atom is 0.155 e. The number of methoxy groups -OCH3 is 1. The summed E-state index contributed by atoms with van der Waals surface area (Å²) in [5.74, 6) is 1.27. The Morgan fingerprint density at radius 2 is 2.22 bits per heavy atom. The van der Waals surface area contributed by atoms with Crippen LogP contribution < -0.4 is 9.47 Å². The first-order valence-electron chi connectivity index (χ1n) is 5.43. The molecule has 0 saturated carbocycles. The van der Waals surface area contributed by atoms with E-state index in [1.54, 1.807) is 25.6 Å². The minimum Gasteiger partial charge on any atom is -0.497 e. The maximum absolute atomic E-state index is 8.92. The number of hydrogen-bond donors (Lipinski definition) is 0. The molecule has 0 fully saturated rings. The normalized spacial score (nSPS) is 9.56. The lowest BCUT2D eigenvalue weighted by Gasteiger charge is -2.08. The predicted molar refractivity (Wildman–Crippen MR) is 66.3 cm³/mol. The van der Waals surface area contributed by atoms with Gasteiger partial charge in [-0.3, -0.25) is 4.98 Å². The molecule has 0 bridgehead atoms. The molecule has 4 nitrogen and oxygen atoms in total. The Bertz CT molecular complexity index is 576. The van der Waals surface area contributed by atoms with E-state index in [0.717, 1.165) is 11.3 Å². The van der Waals surface area contributed by atoms with Gasteiger partial charge < -0.3 is 9.47 Å². The fraction of sp³-hybridized carbons (Fsp3) is 0.143. The molecule has 4 heteroatoms. The van der Waals surface area contributed by atoms with Gasteiger partial charge in [0, 0.05) is 6.20 Å². The van der Waals surface area contributed by atoms with Crippen LogP contribution in [0, 0.1) is 11.3 Å². The largest absolute Gasteiger partial charge is 0.497 e. The number of rotatable bonds is 4. The summed E-state index contributed by atoms with van der Waals surface area (Å²) in [5.41, 5.74) is 1.45. The van der Waals surface area contributed by atoms with E-state index < -0.39 is 0 Å². The summed E-state index contributed by atoms with van der Waals surface area (Å²) in [4.78, 5) is 3.94. The van der Waals surface area contributed by atoms with Crippen LogP contribution in [0.25, 0.3) is 0 Å². The Balaban J connectivity index is 2.09. The van der Waals surface area contributed by atoms with Crippen molar-refractivity contribution in [3.8, 4) is 17.6 Å². The summed E-state index contributed by atoms with van der Waals surface area (Å²) in [7, 11) is 1.62. The van der Waals surface area contributed by atoms with Gasteiger partial charge in [0.25, 0.3) is 0 Å². The second-order valence-electron chi connectivity index (χ2n) is 3.62. The van der Waals surface area contributed by atoms with Crippen molar-refractivity contribution < 1.29 is 9.47 Å². The average molecular weight is 240 g/mol. The first-order valence-corrected chi connectivity index (χ1v) is 5.43. The molecular formula is C14H12N2O2. The molecule has 0 saturated heterocycles. The van der Waals surface area contributed by atoms with Crippen molar-refractivity contribution in [2.24, 2.45) is 0 Å². The summed E-state index contributed by atoms with van der Waals surface area (Å²) in [6.45, 7) is 0.373. The van der Waals surface area contributed by atoms with Crippen molar-refractivity contribution in [2.45, 2.75) is 6.61 Å². The topological polar surface area (TPSA) is 55.1 Å². The Morgan fingerprint density at radius 1 is 1.33 bits per heavy atom. The van der Waals surface area contributed by atoms with Crippen LogP contribution in [0.4, 0.5) is 0 Å². The van der Waals surface area contributed by atoms with Gasteiger partial charge in [0.1, 0.15) is 18.4 Å². The number of aromatic nitrogens is 1. The highest BCUT2D eigenvalue weighted by Gasteiger charge is 2.03. The van der Waals surface area contributed by atoms with Crippen LogP contribution in [0.5, 0.6) is 11.5 Å². The number of ether oxygens (including phenoxy) is 2. The van der Waals surface area contributed by atoms with Gasteiger partial charge in [-0.1, -0.05) is 12.1 Å². The van der Waals surface area contributed by atoms with Crippen molar-refractivity contribution in [3.05, 3.63) is 53.9 Å². The van der Waals surface area contributed by atoms with Crippen LogP contribution in [0.15, 0.2) is 42.7 Å². The lowest BCUT2D eigenvalue weighted by Crippen LogP contribution is -1.98. The van der Waals surface area contributed by atoms with Crippen molar-refractivity contribution in [3.63, 3.8) is 0 Å². The van der Waals surface area contributed by atoms with Gasteiger partial charge in [-0.05, 0) is 23.8 Å². The summed E-state index contributed by atoms with van der Waals surface area (Å²) >= 11 is 0. The molecule has 0 N–H and O–H groups in total. The van der Waals surface area contributed by atoms with E-state index in [1.807, 2.05) is 24.3 Å². The third-order valence-corrected chi connectivity index (χ3v) is 2.43. The van der Waals surface area contributed by atoms with E-state index in [2.05, 4.69) is 11.1 Å². The molecule has 1 aromatic heterocycles. The Kier molecular flexibility index (Phi) is 3.77. The minimum atomic E-state index is 0.373. The van der Waals surface area contributed by atoms with Crippen molar-refractivity contribution in [1.82, 2.24) is 4.98 Å². The van der Waals surface area contributed by atoms with Crippen LogP contribution in [0.2, 0.25) is 0 Å². The number of pyridine rings is 1. The average Bonchev–Trinajstić information content (AvgIpc) is 2.45. The third-order valence-electron chi connectivity index (χ3n) is 2.43. The minimum absolute atomic E-state index is 0.373. The third kappa shape index (κ3) is 2.77. The maximum atomic E-state index is 8.92. The number of benzene rings is 1. The second kappa shape index (κ2) is 5.69. The zero-order valence-corrected chi connectivity index (χ0v) is 9.96. The SMILES string of the molecule is COc1cccc(COc2cnccc2C#N)c1. The van der Waals surface area contributed by atoms with E-state index >= 15 is 0 Å². The molecule has 0 aliphatic carbocycles. The number of nitrogens with zero attached hydrogens (tertiary/aromatic N) is 2. The van der Waals surface area contributed by atoms with Crippen LogP contribution in [-0.2, 0) is 6.61 Å². The fourth-order valence-corrected chi connectivity index (χ4v) is 1.51. The van der Waals surface area contributed by atoms with Crippen LogP contribution >= 0.6 is 0 Å². The molecule has 90 valence electrons. The molecule has 0 unspecified atom stereocenters. The highest BCUT2D eigenvalue weighted by Crippen LogP contribution is 2.18. The standard InChI is InChI=1S/C14H12N2O2/c1-17-13-4-2-3-11(7-13)10-18-14-9-16-6-5-12(14)8-15/h2-7,9H,10H2,1H3. The van der Waals surface area contributed by atoms with Gasteiger partial charge in [0.2, 0.25) is 0 Å². The molecular weight excluding hydrogens is 228 g/mol. The molecule has 0 aliphatic rings. The van der Waals surface area contributed by atoms with E-state index in [0.29, 0.717) is 17.9 Å². The van der Waals surface area contributed by atoms with E-state index in [1.165, 1.54) is 0 Å². The summed E-state index contributed by atoms with van der Waals surface area (Å²) in [6, 6.07) is 11.3. The van der Waals surface area contributed by atoms with E-state index in [-0.39, 0.29) is 0 Å². The van der Waals surface area contributed by atoms with Gasteiger partial charge in [-0.25, -0.2) is 0 Å². The Morgan fingerprint density at radius 3 is 3.00 bits per heavy atom. The number of hydrogen-bond acceptors (Lipinski definition) is 4. The first kappa shape index (κ1) is 11.9. The van der Waals surface area contributed by atoms with Gasteiger partial charge in [-0.15, -0.1) is 0 Å². The number of nitriles is 1. The van der Waals surface area contributed by atoms with Crippen molar-refractivity contribution in [1.29, 1.82) is 5.26 Å². The Labute approximate surface area is 105 Å².